The van der Waals surface area contributed by atoms with Crippen LogP contribution in [-0.4, -0.2) is 16.6 Å². The molecule has 1 rings (SSSR count). The molecule has 0 aliphatic heterocycles. The number of nitrogens with zero attached hydrogens (tertiary/aromatic N) is 2. The van der Waals surface area contributed by atoms with E-state index in [0.29, 0.717) is 6.04 Å². The van der Waals surface area contributed by atoms with Gasteiger partial charge in [-0.1, -0.05) is 0 Å². The fourth-order valence-corrected chi connectivity index (χ4v) is 1.10. The van der Waals surface area contributed by atoms with Crippen molar-refractivity contribution in [1.29, 1.82) is 0 Å². The second kappa shape index (κ2) is 3.53. The SMILES string of the molecule is CCn1ccnc1C(C)NC. The van der Waals surface area contributed by atoms with Gasteiger partial charge in [0.25, 0.3) is 0 Å². The normalized spacial score (nSPS) is 13.4. The molecule has 1 unspecified atom stereocenters. The molecular formula is C8H15N3. The molecule has 0 amide bonds. The Labute approximate surface area is 67.4 Å². The van der Waals surface area contributed by atoms with Crippen molar-refractivity contribution in [2.24, 2.45) is 0 Å². The maximum Gasteiger partial charge on any atom is 0.125 e. The smallest absolute Gasteiger partial charge is 0.125 e. The first-order chi connectivity index (χ1) is 5.29. The van der Waals surface area contributed by atoms with E-state index < -0.39 is 0 Å². The Morgan fingerprint density at radius 2 is 2.45 bits per heavy atom. The molecule has 1 N–H and O–H groups in total. The standard InChI is InChI=1S/C8H15N3/c1-4-11-6-5-10-8(11)7(2)9-3/h5-7,9H,4H2,1-3H3. The van der Waals surface area contributed by atoms with Crippen molar-refractivity contribution in [2.75, 3.05) is 7.05 Å². The van der Waals surface area contributed by atoms with Crippen LogP contribution in [0.15, 0.2) is 12.4 Å². The fraction of sp³-hybridized carbons (Fsp3) is 0.625. The van der Waals surface area contributed by atoms with Crippen molar-refractivity contribution in [3.63, 3.8) is 0 Å². The largest absolute Gasteiger partial charge is 0.334 e. The van der Waals surface area contributed by atoms with Gasteiger partial charge < -0.3 is 9.88 Å². The summed E-state index contributed by atoms with van der Waals surface area (Å²) >= 11 is 0. The topological polar surface area (TPSA) is 29.9 Å². The zero-order valence-corrected chi connectivity index (χ0v) is 7.33. The highest BCUT2D eigenvalue weighted by atomic mass is 15.1. The molecule has 0 aromatic carbocycles. The van der Waals surface area contributed by atoms with Crippen molar-refractivity contribution in [1.82, 2.24) is 14.9 Å². The molecule has 0 bridgehead atoms. The van der Waals surface area contributed by atoms with Crippen LogP contribution in [0.5, 0.6) is 0 Å². The third kappa shape index (κ3) is 1.60. The monoisotopic (exact) mass is 153 g/mol. The second-order valence-electron chi connectivity index (χ2n) is 2.58. The zero-order chi connectivity index (χ0) is 8.27. The summed E-state index contributed by atoms with van der Waals surface area (Å²) < 4.78 is 2.14. The van der Waals surface area contributed by atoms with Crippen LogP contribution in [0.1, 0.15) is 25.7 Å². The predicted molar refractivity (Wildman–Crippen MR) is 45.4 cm³/mol. The number of hydrogen-bond acceptors (Lipinski definition) is 2. The van der Waals surface area contributed by atoms with E-state index in [4.69, 9.17) is 0 Å². The third-order valence-corrected chi connectivity index (χ3v) is 1.91. The van der Waals surface area contributed by atoms with Crippen molar-refractivity contribution in [3.05, 3.63) is 18.2 Å². The van der Waals surface area contributed by atoms with Gasteiger partial charge in [-0.25, -0.2) is 4.98 Å². The highest BCUT2D eigenvalue weighted by Crippen LogP contribution is 2.08. The molecule has 0 aliphatic carbocycles. The summed E-state index contributed by atoms with van der Waals surface area (Å²) in [5.41, 5.74) is 0. The van der Waals surface area contributed by atoms with E-state index in [9.17, 15) is 0 Å². The van der Waals surface area contributed by atoms with Crippen molar-refractivity contribution < 1.29 is 0 Å². The molecule has 3 heteroatoms. The molecule has 0 aliphatic rings. The Balaban J connectivity index is 2.83. The van der Waals surface area contributed by atoms with E-state index in [-0.39, 0.29) is 0 Å². The number of aromatic nitrogens is 2. The molecular weight excluding hydrogens is 138 g/mol. The Morgan fingerprint density at radius 1 is 1.73 bits per heavy atom. The molecule has 11 heavy (non-hydrogen) atoms. The minimum Gasteiger partial charge on any atom is -0.334 e. The molecule has 0 saturated heterocycles. The summed E-state index contributed by atoms with van der Waals surface area (Å²) in [4.78, 5) is 4.26. The van der Waals surface area contributed by atoms with Crippen molar-refractivity contribution >= 4 is 0 Å². The van der Waals surface area contributed by atoms with Crippen LogP contribution >= 0.6 is 0 Å². The van der Waals surface area contributed by atoms with Crippen LogP contribution < -0.4 is 5.32 Å². The quantitative estimate of drug-likeness (QED) is 0.706. The average molecular weight is 153 g/mol. The highest BCUT2D eigenvalue weighted by molar-refractivity contribution is 4.97. The van der Waals surface area contributed by atoms with Crippen LogP contribution in [0.4, 0.5) is 0 Å². The first-order valence-corrected chi connectivity index (χ1v) is 3.97. The summed E-state index contributed by atoms with van der Waals surface area (Å²) in [7, 11) is 1.94. The lowest BCUT2D eigenvalue weighted by molar-refractivity contribution is 0.564. The van der Waals surface area contributed by atoms with E-state index in [0.717, 1.165) is 12.4 Å². The Morgan fingerprint density at radius 3 is 3.00 bits per heavy atom. The van der Waals surface area contributed by atoms with Crippen LogP contribution in [0, 0.1) is 0 Å². The van der Waals surface area contributed by atoms with Crippen LogP contribution in [0.25, 0.3) is 0 Å². The lowest BCUT2D eigenvalue weighted by Gasteiger charge is -2.10. The third-order valence-electron chi connectivity index (χ3n) is 1.91. The maximum absolute atomic E-state index is 4.26. The number of hydrogen-bond donors (Lipinski definition) is 1. The summed E-state index contributed by atoms with van der Waals surface area (Å²) in [6.07, 6.45) is 3.84. The number of aryl methyl sites for hydroxylation is 1. The van der Waals surface area contributed by atoms with Crippen LogP contribution in [0.2, 0.25) is 0 Å². The molecule has 1 heterocycles. The van der Waals surface area contributed by atoms with Crippen LogP contribution in [-0.2, 0) is 6.54 Å². The molecule has 1 atom stereocenters. The minimum absolute atomic E-state index is 0.338. The Hall–Kier alpha value is -0.830. The summed E-state index contributed by atoms with van der Waals surface area (Å²) in [6, 6.07) is 0.338. The van der Waals surface area contributed by atoms with E-state index in [1.54, 1.807) is 0 Å². The molecule has 0 spiro atoms. The van der Waals surface area contributed by atoms with Gasteiger partial charge in [0.15, 0.2) is 0 Å². The van der Waals surface area contributed by atoms with E-state index in [1.807, 2.05) is 19.4 Å². The van der Waals surface area contributed by atoms with Gasteiger partial charge in [0, 0.05) is 18.9 Å². The van der Waals surface area contributed by atoms with E-state index in [1.165, 1.54) is 0 Å². The summed E-state index contributed by atoms with van der Waals surface area (Å²) in [5.74, 6) is 1.11. The molecule has 1 aromatic rings. The van der Waals surface area contributed by atoms with Gasteiger partial charge in [-0.3, -0.25) is 0 Å². The second-order valence-corrected chi connectivity index (χ2v) is 2.58. The van der Waals surface area contributed by atoms with Gasteiger partial charge >= 0.3 is 0 Å². The van der Waals surface area contributed by atoms with Gasteiger partial charge in [-0.05, 0) is 20.9 Å². The molecule has 1 aromatic heterocycles. The lowest BCUT2D eigenvalue weighted by atomic mass is 10.3. The van der Waals surface area contributed by atoms with Gasteiger partial charge in [-0.2, -0.15) is 0 Å². The number of nitrogens with one attached hydrogen (secondary N) is 1. The Kier molecular flexibility index (Phi) is 2.65. The molecule has 0 saturated carbocycles. The lowest BCUT2D eigenvalue weighted by Crippen LogP contribution is -2.17. The van der Waals surface area contributed by atoms with Crippen LogP contribution in [0.3, 0.4) is 0 Å². The van der Waals surface area contributed by atoms with Crippen molar-refractivity contribution in [3.8, 4) is 0 Å². The van der Waals surface area contributed by atoms with Crippen molar-refractivity contribution in [2.45, 2.75) is 26.4 Å². The fourth-order valence-electron chi connectivity index (χ4n) is 1.10. The Bertz CT molecular complexity index is 217. The van der Waals surface area contributed by atoms with E-state index in [2.05, 4.69) is 28.7 Å². The average Bonchev–Trinajstić information content (AvgIpc) is 2.50. The maximum atomic E-state index is 4.26. The molecule has 0 radical (unpaired) electrons. The molecule has 3 nitrogen and oxygen atoms in total. The first-order valence-electron chi connectivity index (χ1n) is 3.97. The zero-order valence-electron chi connectivity index (χ0n) is 7.33. The molecule has 0 fully saturated rings. The van der Waals surface area contributed by atoms with E-state index >= 15 is 0 Å². The predicted octanol–water partition coefficient (Wildman–Crippen LogP) is 1.18. The summed E-state index contributed by atoms with van der Waals surface area (Å²) in [6.45, 7) is 5.21. The summed E-state index contributed by atoms with van der Waals surface area (Å²) in [5, 5.41) is 3.16. The van der Waals surface area contributed by atoms with Gasteiger partial charge in [-0.15, -0.1) is 0 Å². The number of imidazole rings is 1. The van der Waals surface area contributed by atoms with Gasteiger partial charge in [0.1, 0.15) is 5.82 Å². The van der Waals surface area contributed by atoms with Gasteiger partial charge in [0.05, 0.1) is 6.04 Å². The first kappa shape index (κ1) is 8.27. The number of rotatable bonds is 3. The van der Waals surface area contributed by atoms with Gasteiger partial charge in [0.2, 0.25) is 0 Å². The minimum atomic E-state index is 0.338. The highest BCUT2D eigenvalue weighted by Gasteiger charge is 2.07. The molecule has 62 valence electrons.